The number of amides is 2. The molecule has 130 valence electrons. The van der Waals surface area contributed by atoms with Crippen LogP contribution in [0.1, 0.15) is 24.2 Å². The quantitative estimate of drug-likeness (QED) is 0.894. The van der Waals surface area contributed by atoms with Gasteiger partial charge < -0.3 is 10.2 Å². The molecular formula is C16H25N7O. The van der Waals surface area contributed by atoms with Gasteiger partial charge in [-0.3, -0.25) is 14.7 Å². The first-order valence-corrected chi connectivity index (χ1v) is 8.26. The van der Waals surface area contributed by atoms with E-state index in [1.807, 2.05) is 38.7 Å². The fourth-order valence-corrected chi connectivity index (χ4v) is 3.16. The molecule has 0 aromatic carbocycles. The van der Waals surface area contributed by atoms with Gasteiger partial charge in [-0.1, -0.05) is 0 Å². The average Bonchev–Trinajstić information content (AvgIpc) is 3.00. The van der Waals surface area contributed by atoms with Crippen LogP contribution >= 0.6 is 0 Å². The number of urea groups is 1. The van der Waals surface area contributed by atoms with Crippen molar-refractivity contribution in [1.29, 1.82) is 0 Å². The van der Waals surface area contributed by atoms with Crippen LogP contribution in [0, 0.1) is 13.8 Å². The van der Waals surface area contributed by atoms with E-state index in [0.717, 1.165) is 43.1 Å². The molecule has 0 aliphatic carbocycles. The molecule has 3 heterocycles. The minimum absolute atomic E-state index is 0.110. The smallest absolute Gasteiger partial charge is 0.320 e. The number of aromatic nitrogens is 4. The van der Waals surface area contributed by atoms with E-state index >= 15 is 0 Å². The molecule has 2 aromatic heterocycles. The number of carbonyl (C=O) groups excluding carboxylic acids is 1. The van der Waals surface area contributed by atoms with Crippen molar-refractivity contribution >= 4 is 17.7 Å². The molecule has 1 aliphatic rings. The summed E-state index contributed by atoms with van der Waals surface area (Å²) in [5.41, 5.74) is 2.01. The predicted molar refractivity (Wildman–Crippen MR) is 93.3 cm³/mol. The third kappa shape index (κ3) is 3.52. The van der Waals surface area contributed by atoms with E-state index in [9.17, 15) is 4.79 Å². The lowest BCUT2D eigenvalue weighted by Gasteiger charge is -2.34. The van der Waals surface area contributed by atoms with Gasteiger partial charge in [-0.2, -0.15) is 10.2 Å². The number of hydrogen-bond acceptors (Lipinski definition) is 4. The van der Waals surface area contributed by atoms with Crippen molar-refractivity contribution in [2.75, 3.05) is 23.3 Å². The highest BCUT2D eigenvalue weighted by Gasteiger charge is 2.23. The Bertz CT molecular complexity index is 713. The first kappa shape index (κ1) is 16.4. The average molecular weight is 331 g/mol. The van der Waals surface area contributed by atoms with E-state index in [4.69, 9.17) is 0 Å². The van der Waals surface area contributed by atoms with Crippen molar-refractivity contribution in [3.63, 3.8) is 0 Å². The Morgan fingerprint density at radius 3 is 2.62 bits per heavy atom. The third-order valence-corrected chi connectivity index (χ3v) is 4.41. The Morgan fingerprint density at radius 1 is 1.21 bits per heavy atom. The van der Waals surface area contributed by atoms with Crippen LogP contribution in [0.4, 0.5) is 16.4 Å². The third-order valence-electron chi connectivity index (χ3n) is 4.41. The lowest BCUT2D eigenvalue weighted by atomic mass is 10.1. The van der Waals surface area contributed by atoms with Gasteiger partial charge in [0, 0.05) is 51.1 Å². The summed E-state index contributed by atoms with van der Waals surface area (Å²) < 4.78 is 3.64. The highest BCUT2D eigenvalue weighted by atomic mass is 16.2. The number of anilines is 2. The molecule has 0 spiro atoms. The van der Waals surface area contributed by atoms with Crippen LogP contribution in [-0.4, -0.2) is 44.7 Å². The van der Waals surface area contributed by atoms with Crippen LogP contribution in [0.5, 0.6) is 0 Å². The Labute approximate surface area is 141 Å². The van der Waals surface area contributed by atoms with E-state index < -0.39 is 0 Å². The summed E-state index contributed by atoms with van der Waals surface area (Å²) >= 11 is 0. The lowest BCUT2D eigenvalue weighted by molar-refractivity contribution is 0.246. The largest absolute Gasteiger partial charge is 0.355 e. The van der Waals surface area contributed by atoms with Crippen LogP contribution in [-0.2, 0) is 14.1 Å². The maximum absolute atomic E-state index is 12.2. The van der Waals surface area contributed by atoms with Gasteiger partial charge in [0.15, 0.2) is 5.82 Å². The number of aryl methyl sites for hydroxylation is 4. The van der Waals surface area contributed by atoms with Crippen molar-refractivity contribution in [1.82, 2.24) is 24.9 Å². The molecule has 2 amide bonds. The molecule has 0 radical (unpaired) electrons. The molecule has 2 aromatic rings. The van der Waals surface area contributed by atoms with Gasteiger partial charge in [0.25, 0.3) is 0 Å². The monoisotopic (exact) mass is 331 g/mol. The van der Waals surface area contributed by atoms with Gasteiger partial charge in [0.1, 0.15) is 5.82 Å². The number of nitrogens with zero attached hydrogens (tertiary/aromatic N) is 5. The molecule has 0 saturated carbocycles. The second-order valence-corrected chi connectivity index (χ2v) is 6.45. The topological polar surface area (TPSA) is 80.0 Å². The predicted octanol–water partition coefficient (Wildman–Crippen LogP) is 1.56. The van der Waals surface area contributed by atoms with E-state index in [1.165, 1.54) is 0 Å². The van der Waals surface area contributed by atoms with Crippen LogP contribution < -0.4 is 15.5 Å². The van der Waals surface area contributed by atoms with Gasteiger partial charge in [-0.25, -0.2) is 4.79 Å². The highest BCUT2D eigenvalue weighted by Crippen LogP contribution is 2.20. The Hall–Kier alpha value is -2.51. The fraction of sp³-hybridized carbons (Fsp3) is 0.562. The number of piperidine rings is 1. The molecular weight excluding hydrogens is 306 g/mol. The molecule has 24 heavy (non-hydrogen) atoms. The standard InChI is InChI=1S/C16H25N7O/c1-11-8-15(22(4)19-11)23-7-5-6-13(10-23)17-16(24)18-14-9-12(2)21(3)20-14/h8-9,13H,5-7,10H2,1-4H3,(H2,17,18,20,24). The normalized spacial score (nSPS) is 17.8. The molecule has 1 fully saturated rings. The van der Waals surface area contributed by atoms with E-state index in [1.54, 1.807) is 4.68 Å². The Morgan fingerprint density at radius 2 is 2.00 bits per heavy atom. The Balaban J connectivity index is 1.58. The van der Waals surface area contributed by atoms with E-state index in [2.05, 4.69) is 31.8 Å². The van der Waals surface area contributed by atoms with Crippen LogP contribution in [0.25, 0.3) is 0 Å². The van der Waals surface area contributed by atoms with Gasteiger partial charge in [-0.15, -0.1) is 0 Å². The minimum atomic E-state index is -0.207. The number of rotatable bonds is 3. The maximum atomic E-state index is 12.2. The second kappa shape index (κ2) is 6.54. The highest BCUT2D eigenvalue weighted by molar-refractivity contribution is 5.88. The SMILES string of the molecule is Cc1cc(N2CCCC(NC(=O)Nc3cc(C)n(C)n3)C2)n(C)n1. The van der Waals surface area contributed by atoms with Crippen LogP contribution in [0.2, 0.25) is 0 Å². The first-order chi connectivity index (χ1) is 11.4. The summed E-state index contributed by atoms with van der Waals surface area (Å²) in [4.78, 5) is 14.5. The number of carbonyl (C=O) groups is 1. The van der Waals surface area contributed by atoms with Crippen molar-refractivity contribution < 1.29 is 4.79 Å². The summed E-state index contributed by atoms with van der Waals surface area (Å²) in [7, 11) is 3.81. The summed E-state index contributed by atoms with van der Waals surface area (Å²) in [6.45, 7) is 5.71. The summed E-state index contributed by atoms with van der Waals surface area (Å²) in [6, 6.07) is 3.84. The summed E-state index contributed by atoms with van der Waals surface area (Å²) in [6.07, 6.45) is 2.01. The van der Waals surface area contributed by atoms with E-state index in [-0.39, 0.29) is 12.1 Å². The Kier molecular flexibility index (Phi) is 4.46. The molecule has 0 bridgehead atoms. The number of hydrogen-bond donors (Lipinski definition) is 2. The first-order valence-electron chi connectivity index (χ1n) is 8.26. The van der Waals surface area contributed by atoms with Gasteiger partial charge in [-0.05, 0) is 26.7 Å². The number of nitrogens with one attached hydrogen (secondary N) is 2. The molecule has 8 heteroatoms. The summed E-state index contributed by atoms with van der Waals surface area (Å²) in [5.74, 6) is 1.67. The molecule has 1 saturated heterocycles. The molecule has 1 atom stereocenters. The van der Waals surface area contributed by atoms with Gasteiger partial charge in [0.2, 0.25) is 0 Å². The van der Waals surface area contributed by atoms with Crippen molar-refractivity contribution in [3.05, 3.63) is 23.5 Å². The van der Waals surface area contributed by atoms with Crippen molar-refractivity contribution in [3.8, 4) is 0 Å². The molecule has 8 nitrogen and oxygen atoms in total. The zero-order chi connectivity index (χ0) is 17.3. The lowest BCUT2D eigenvalue weighted by Crippen LogP contribution is -2.49. The second-order valence-electron chi connectivity index (χ2n) is 6.45. The van der Waals surface area contributed by atoms with E-state index in [0.29, 0.717) is 5.82 Å². The van der Waals surface area contributed by atoms with Crippen LogP contribution in [0.15, 0.2) is 12.1 Å². The molecule has 2 N–H and O–H groups in total. The zero-order valence-electron chi connectivity index (χ0n) is 14.7. The zero-order valence-corrected chi connectivity index (χ0v) is 14.7. The summed E-state index contributed by atoms with van der Waals surface area (Å²) in [5, 5.41) is 14.5. The fourth-order valence-electron chi connectivity index (χ4n) is 3.16. The van der Waals surface area contributed by atoms with Crippen LogP contribution in [0.3, 0.4) is 0 Å². The van der Waals surface area contributed by atoms with Crippen molar-refractivity contribution in [2.24, 2.45) is 14.1 Å². The molecule has 1 aliphatic heterocycles. The van der Waals surface area contributed by atoms with Gasteiger partial charge >= 0.3 is 6.03 Å². The molecule has 1 unspecified atom stereocenters. The van der Waals surface area contributed by atoms with Crippen molar-refractivity contribution in [2.45, 2.75) is 32.7 Å². The van der Waals surface area contributed by atoms with Gasteiger partial charge in [0.05, 0.1) is 5.69 Å². The molecule has 3 rings (SSSR count). The minimum Gasteiger partial charge on any atom is -0.355 e. The maximum Gasteiger partial charge on any atom is 0.320 e.